The summed E-state index contributed by atoms with van der Waals surface area (Å²) in [6.45, 7) is 3.87. The number of halogens is 1. The molecule has 144 valence electrons. The molecule has 7 heteroatoms. The monoisotopic (exact) mass is 414 g/mol. The molecule has 0 fully saturated rings. The number of carbonyl (C=O) groups is 2. The second kappa shape index (κ2) is 8.99. The lowest BCUT2D eigenvalue weighted by atomic mass is 10.2. The third kappa shape index (κ3) is 4.58. The lowest BCUT2D eigenvalue weighted by Gasteiger charge is -2.07. The molecular formula is C21H19ClN2O3S. The number of benzene rings is 2. The van der Waals surface area contributed by atoms with E-state index in [4.69, 9.17) is 16.3 Å². The van der Waals surface area contributed by atoms with Crippen LogP contribution >= 0.6 is 22.9 Å². The summed E-state index contributed by atoms with van der Waals surface area (Å²) >= 11 is 7.59. The molecule has 28 heavy (non-hydrogen) atoms. The summed E-state index contributed by atoms with van der Waals surface area (Å²) in [7, 11) is 0. The average molecular weight is 415 g/mol. The largest absolute Gasteiger partial charge is 0.465 e. The molecule has 1 aromatic heterocycles. The Labute approximate surface area is 171 Å². The number of hydrogen-bond acceptors (Lipinski definition) is 4. The van der Waals surface area contributed by atoms with E-state index in [0.717, 1.165) is 21.3 Å². The van der Waals surface area contributed by atoms with Gasteiger partial charge in [0.2, 0.25) is 0 Å². The van der Waals surface area contributed by atoms with Crippen molar-refractivity contribution in [3.8, 4) is 0 Å². The molecule has 0 saturated carbocycles. The van der Waals surface area contributed by atoms with Crippen molar-refractivity contribution in [1.82, 2.24) is 4.57 Å². The van der Waals surface area contributed by atoms with Crippen LogP contribution in [0.1, 0.15) is 18.1 Å². The van der Waals surface area contributed by atoms with Gasteiger partial charge in [0.05, 0.1) is 16.8 Å². The summed E-state index contributed by atoms with van der Waals surface area (Å²) in [4.78, 5) is 29.1. The molecule has 2 aromatic carbocycles. The highest BCUT2D eigenvalue weighted by molar-refractivity contribution is 7.16. The highest BCUT2D eigenvalue weighted by atomic mass is 35.5. The van der Waals surface area contributed by atoms with Gasteiger partial charge in [-0.2, -0.15) is 4.99 Å². The van der Waals surface area contributed by atoms with Gasteiger partial charge in [0.1, 0.15) is 6.54 Å². The molecule has 0 saturated heterocycles. The Kier molecular flexibility index (Phi) is 6.44. The molecule has 5 nitrogen and oxygen atoms in total. The van der Waals surface area contributed by atoms with Crippen molar-refractivity contribution in [1.29, 1.82) is 0 Å². The van der Waals surface area contributed by atoms with Gasteiger partial charge in [0.15, 0.2) is 4.80 Å². The van der Waals surface area contributed by atoms with Crippen molar-refractivity contribution < 1.29 is 14.3 Å². The molecule has 0 atom stereocenters. The Balaban J connectivity index is 2.04. The van der Waals surface area contributed by atoms with Crippen molar-refractivity contribution in [2.75, 3.05) is 6.61 Å². The van der Waals surface area contributed by atoms with E-state index >= 15 is 0 Å². The molecule has 0 aliphatic rings. The number of aromatic nitrogens is 1. The first-order valence-electron chi connectivity index (χ1n) is 8.75. The minimum Gasteiger partial charge on any atom is -0.465 e. The van der Waals surface area contributed by atoms with E-state index in [1.165, 1.54) is 17.4 Å². The van der Waals surface area contributed by atoms with Crippen LogP contribution in [-0.2, 0) is 20.9 Å². The van der Waals surface area contributed by atoms with Gasteiger partial charge >= 0.3 is 5.97 Å². The molecule has 3 aromatic rings. The zero-order chi connectivity index (χ0) is 20.1. The van der Waals surface area contributed by atoms with Crippen molar-refractivity contribution >= 4 is 51.1 Å². The van der Waals surface area contributed by atoms with Crippen molar-refractivity contribution in [3.63, 3.8) is 0 Å². The van der Waals surface area contributed by atoms with Gasteiger partial charge in [-0.25, -0.2) is 0 Å². The van der Waals surface area contributed by atoms with Gasteiger partial charge in [-0.15, -0.1) is 0 Å². The maximum absolute atomic E-state index is 12.4. The zero-order valence-electron chi connectivity index (χ0n) is 15.5. The van der Waals surface area contributed by atoms with E-state index in [1.807, 2.05) is 43.3 Å². The standard InChI is InChI=1S/C21H19ClN2O3S/c1-3-27-19(26)13-24-20-14(2)16(22)10-11-17(20)28-21(24)23-18(25)12-9-15-7-5-4-6-8-15/h4-12H,3,13H2,1-2H3/b12-9+,23-21?. The number of fused-ring (bicyclic) bond motifs is 1. The fraction of sp³-hybridized carbons (Fsp3) is 0.190. The number of hydrogen-bond donors (Lipinski definition) is 0. The Morgan fingerprint density at radius 1 is 1.21 bits per heavy atom. The van der Waals surface area contributed by atoms with E-state index in [-0.39, 0.29) is 13.2 Å². The van der Waals surface area contributed by atoms with Gasteiger partial charge in [-0.1, -0.05) is 53.3 Å². The second-order valence-corrected chi connectivity index (χ2v) is 7.41. The molecule has 0 radical (unpaired) electrons. The van der Waals surface area contributed by atoms with E-state index in [1.54, 1.807) is 23.6 Å². The summed E-state index contributed by atoms with van der Waals surface area (Å²) in [6, 6.07) is 13.2. The summed E-state index contributed by atoms with van der Waals surface area (Å²) in [5.41, 5.74) is 2.52. The fourth-order valence-corrected chi connectivity index (χ4v) is 3.99. The summed E-state index contributed by atoms with van der Waals surface area (Å²) in [5.74, 6) is -0.799. The molecule has 0 bridgehead atoms. The molecule has 1 amide bonds. The number of ether oxygens (including phenoxy) is 1. The molecular weight excluding hydrogens is 396 g/mol. The Bertz CT molecular complexity index is 1110. The van der Waals surface area contributed by atoms with Crippen LogP contribution < -0.4 is 4.80 Å². The number of amides is 1. The number of rotatable bonds is 5. The zero-order valence-corrected chi connectivity index (χ0v) is 17.1. The van der Waals surface area contributed by atoms with Crippen LogP contribution in [0.15, 0.2) is 53.5 Å². The highest BCUT2D eigenvalue weighted by Crippen LogP contribution is 2.27. The van der Waals surface area contributed by atoms with Crippen LogP contribution in [0.2, 0.25) is 5.02 Å². The molecule has 0 aliphatic heterocycles. The van der Waals surface area contributed by atoms with E-state index in [2.05, 4.69) is 4.99 Å². The summed E-state index contributed by atoms with van der Waals surface area (Å²) < 4.78 is 7.65. The first-order chi connectivity index (χ1) is 13.5. The van der Waals surface area contributed by atoms with Crippen LogP contribution in [0.5, 0.6) is 0 Å². The topological polar surface area (TPSA) is 60.7 Å². The molecule has 0 unspecified atom stereocenters. The lowest BCUT2D eigenvalue weighted by molar-refractivity contribution is -0.143. The number of aryl methyl sites for hydroxylation is 1. The van der Waals surface area contributed by atoms with Gasteiger partial charge in [0, 0.05) is 11.1 Å². The van der Waals surface area contributed by atoms with Gasteiger partial charge in [-0.05, 0) is 43.2 Å². The Morgan fingerprint density at radius 2 is 1.96 bits per heavy atom. The van der Waals surface area contributed by atoms with Crippen molar-refractivity contribution in [2.24, 2.45) is 4.99 Å². The molecule has 3 rings (SSSR count). The second-order valence-electron chi connectivity index (χ2n) is 5.99. The minimum absolute atomic E-state index is 0.0382. The number of nitrogens with zero attached hydrogens (tertiary/aromatic N) is 2. The van der Waals surface area contributed by atoms with Crippen LogP contribution in [0.25, 0.3) is 16.3 Å². The molecule has 0 aliphatic carbocycles. The Hall–Kier alpha value is -2.70. The third-order valence-electron chi connectivity index (χ3n) is 4.05. The third-order valence-corrected chi connectivity index (χ3v) is 5.50. The Morgan fingerprint density at radius 3 is 2.68 bits per heavy atom. The SMILES string of the molecule is CCOC(=O)Cn1c(=NC(=O)/C=C/c2ccccc2)sc2ccc(Cl)c(C)c21. The first kappa shape index (κ1) is 20.0. The van der Waals surface area contributed by atoms with E-state index < -0.39 is 11.9 Å². The molecule has 0 N–H and O–H groups in total. The highest BCUT2D eigenvalue weighted by Gasteiger charge is 2.15. The van der Waals surface area contributed by atoms with Crippen LogP contribution in [0.3, 0.4) is 0 Å². The van der Waals surface area contributed by atoms with Crippen LogP contribution in [0.4, 0.5) is 0 Å². The van der Waals surface area contributed by atoms with Crippen LogP contribution in [0, 0.1) is 6.92 Å². The van der Waals surface area contributed by atoms with E-state index in [0.29, 0.717) is 9.82 Å². The maximum Gasteiger partial charge on any atom is 0.326 e. The summed E-state index contributed by atoms with van der Waals surface area (Å²) in [6.07, 6.45) is 3.12. The predicted octanol–water partition coefficient (Wildman–Crippen LogP) is 4.37. The number of carbonyl (C=O) groups excluding carboxylic acids is 2. The average Bonchev–Trinajstić information content (AvgIpc) is 3.02. The van der Waals surface area contributed by atoms with Crippen molar-refractivity contribution in [3.05, 3.63) is 69.5 Å². The van der Waals surface area contributed by atoms with Gasteiger partial charge in [0.25, 0.3) is 5.91 Å². The molecule has 1 heterocycles. The maximum atomic E-state index is 12.4. The molecule has 0 spiro atoms. The lowest BCUT2D eigenvalue weighted by Crippen LogP contribution is -2.23. The minimum atomic E-state index is -0.406. The number of esters is 1. The van der Waals surface area contributed by atoms with Crippen LogP contribution in [-0.4, -0.2) is 23.1 Å². The fourth-order valence-electron chi connectivity index (χ4n) is 2.75. The quantitative estimate of drug-likeness (QED) is 0.460. The first-order valence-corrected chi connectivity index (χ1v) is 9.95. The summed E-state index contributed by atoms with van der Waals surface area (Å²) in [5, 5.41) is 0.588. The van der Waals surface area contributed by atoms with E-state index in [9.17, 15) is 9.59 Å². The number of thiazole rings is 1. The predicted molar refractivity (Wildman–Crippen MR) is 112 cm³/mol. The van der Waals surface area contributed by atoms with Gasteiger partial charge < -0.3 is 9.30 Å². The van der Waals surface area contributed by atoms with Crippen molar-refractivity contribution in [2.45, 2.75) is 20.4 Å². The van der Waals surface area contributed by atoms with Gasteiger partial charge in [-0.3, -0.25) is 9.59 Å². The normalized spacial score (nSPS) is 12.0. The smallest absolute Gasteiger partial charge is 0.326 e.